The van der Waals surface area contributed by atoms with Crippen LogP contribution in [-0.2, 0) is 16.0 Å². The summed E-state index contributed by atoms with van der Waals surface area (Å²) in [6.07, 6.45) is 0.973. The Morgan fingerprint density at radius 2 is 2.05 bits per heavy atom. The molecule has 1 amide bonds. The molecule has 1 aromatic rings. The normalized spacial score (nSPS) is 23.6. The van der Waals surface area contributed by atoms with Crippen LogP contribution in [-0.4, -0.2) is 40.5 Å². The van der Waals surface area contributed by atoms with Crippen molar-refractivity contribution in [2.24, 2.45) is 11.7 Å². The Kier molecular flexibility index (Phi) is 4.39. The average Bonchev–Trinajstić information content (AvgIpc) is 2.81. The first-order valence-electron chi connectivity index (χ1n) is 6.83. The predicted octanol–water partition coefficient (Wildman–Crippen LogP) is 0.878. The van der Waals surface area contributed by atoms with Crippen molar-refractivity contribution in [3.63, 3.8) is 0 Å². The number of hydrogen-bond donors (Lipinski definition) is 2. The maximum absolute atomic E-state index is 12.3. The van der Waals surface area contributed by atoms with Crippen molar-refractivity contribution in [2.45, 2.75) is 31.8 Å². The molecule has 5 heteroatoms. The molecule has 20 heavy (non-hydrogen) atoms. The lowest BCUT2D eigenvalue weighted by Crippen LogP contribution is -2.47. The zero-order valence-corrected chi connectivity index (χ0v) is 11.5. The van der Waals surface area contributed by atoms with Gasteiger partial charge in [-0.3, -0.25) is 9.59 Å². The first kappa shape index (κ1) is 14.5. The number of nitrogens with zero attached hydrogens (tertiary/aromatic N) is 1. The number of carbonyl (C=O) groups excluding carboxylic acids is 1. The fourth-order valence-corrected chi connectivity index (χ4v) is 2.75. The van der Waals surface area contributed by atoms with Gasteiger partial charge in [-0.05, 0) is 25.3 Å². The molecule has 0 spiro atoms. The van der Waals surface area contributed by atoms with E-state index < -0.39 is 17.9 Å². The van der Waals surface area contributed by atoms with Crippen molar-refractivity contribution in [3.05, 3.63) is 35.9 Å². The lowest BCUT2D eigenvalue weighted by Gasteiger charge is -2.26. The second-order valence-electron chi connectivity index (χ2n) is 5.30. The van der Waals surface area contributed by atoms with Crippen molar-refractivity contribution in [1.82, 2.24) is 4.90 Å². The molecule has 3 atom stereocenters. The predicted molar refractivity (Wildman–Crippen MR) is 75.0 cm³/mol. The molecule has 1 heterocycles. The molecule has 1 saturated heterocycles. The number of amides is 1. The molecule has 0 radical (unpaired) electrons. The fourth-order valence-electron chi connectivity index (χ4n) is 2.75. The second-order valence-corrected chi connectivity index (χ2v) is 5.30. The highest BCUT2D eigenvalue weighted by Crippen LogP contribution is 2.25. The van der Waals surface area contributed by atoms with Crippen molar-refractivity contribution in [3.8, 4) is 0 Å². The molecular formula is C15H20N2O3. The molecule has 0 aromatic heterocycles. The van der Waals surface area contributed by atoms with Crippen molar-refractivity contribution in [2.75, 3.05) is 6.54 Å². The summed E-state index contributed by atoms with van der Waals surface area (Å²) in [4.78, 5) is 25.0. The van der Waals surface area contributed by atoms with Gasteiger partial charge in [-0.1, -0.05) is 30.3 Å². The van der Waals surface area contributed by atoms with Crippen LogP contribution in [0, 0.1) is 5.92 Å². The lowest BCUT2D eigenvalue weighted by atomic mass is 10.0. The maximum Gasteiger partial charge on any atom is 0.308 e. The molecule has 2 rings (SSSR count). The Morgan fingerprint density at radius 1 is 1.40 bits per heavy atom. The molecule has 2 unspecified atom stereocenters. The Morgan fingerprint density at radius 3 is 2.60 bits per heavy atom. The van der Waals surface area contributed by atoms with Gasteiger partial charge in [0.05, 0.1) is 12.0 Å². The Hall–Kier alpha value is -1.88. The van der Waals surface area contributed by atoms with E-state index in [2.05, 4.69) is 0 Å². The number of rotatable bonds is 4. The fraction of sp³-hybridized carbons (Fsp3) is 0.467. The smallest absolute Gasteiger partial charge is 0.308 e. The summed E-state index contributed by atoms with van der Waals surface area (Å²) in [6, 6.07) is 8.68. The third kappa shape index (κ3) is 2.99. The largest absolute Gasteiger partial charge is 0.481 e. The van der Waals surface area contributed by atoms with E-state index in [1.807, 2.05) is 30.3 Å². The zero-order chi connectivity index (χ0) is 14.7. The van der Waals surface area contributed by atoms with Gasteiger partial charge in [0, 0.05) is 12.6 Å². The molecule has 1 fully saturated rings. The molecular weight excluding hydrogens is 256 g/mol. The highest BCUT2D eigenvalue weighted by atomic mass is 16.4. The quantitative estimate of drug-likeness (QED) is 0.855. The van der Waals surface area contributed by atoms with Crippen LogP contribution >= 0.6 is 0 Å². The number of aliphatic carboxylic acids is 1. The van der Waals surface area contributed by atoms with Crippen LogP contribution in [0.25, 0.3) is 0 Å². The van der Waals surface area contributed by atoms with Gasteiger partial charge < -0.3 is 15.7 Å². The topological polar surface area (TPSA) is 83.6 Å². The summed E-state index contributed by atoms with van der Waals surface area (Å²) in [7, 11) is 0. The maximum atomic E-state index is 12.3. The first-order chi connectivity index (χ1) is 9.50. The number of benzene rings is 1. The van der Waals surface area contributed by atoms with E-state index in [1.165, 1.54) is 0 Å². The standard InChI is InChI=1S/C15H20N2O3/c1-10-12(15(19)20)7-8-17(10)14(18)13(16)9-11-5-3-2-4-6-11/h2-6,10,12-13H,7-9,16H2,1H3,(H,19,20)/t10?,12?,13-/m0/s1. The van der Waals surface area contributed by atoms with Crippen LogP contribution in [0.15, 0.2) is 30.3 Å². The average molecular weight is 276 g/mol. The van der Waals surface area contributed by atoms with E-state index in [4.69, 9.17) is 10.8 Å². The van der Waals surface area contributed by atoms with Crippen LogP contribution in [0.3, 0.4) is 0 Å². The number of likely N-dealkylation sites (tertiary alicyclic amines) is 1. The van der Waals surface area contributed by atoms with Gasteiger partial charge in [0.15, 0.2) is 0 Å². The van der Waals surface area contributed by atoms with Crippen LogP contribution in [0.5, 0.6) is 0 Å². The Labute approximate surface area is 118 Å². The van der Waals surface area contributed by atoms with Crippen LogP contribution in [0.1, 0.15) is 18.9 Å². The molecule has 0 bridgehead atoms. The monoisotopic (exact) mass is 276 g/mol. The van der Waals surface area contributed by atoms with E-state index in [9.17, 15) is 9.59 Å². The zero-order valence-electron chi connectivity index (χ0n) is 11.5. The summed E-state index contributed by atoms with van der Waals surface area (Å²) in [5.74, 6) is -1.49. The van der Waals surface area contributed by atoms with E-state index in [-0.39, 0.29) is 11.9 Å². The minimum absolute atomic E-state index is 0.162. The van der Waals surface area contributed by atoms with Gasteiger partial charge in [-0.2, -0.15) is 0 Å². The van der Waals surface area contributed by atoms with Gasteiger partial charge >= 0.3 is 5.97 Å². The molecule has 1 aliphatic rings. The second kappa shape index (κ2) is 6.05. The molecule has 3 N–H and O–H groups in total. The SMILES string of the molecule is CC1C(C(=O)O)CCN1C(=O)[C@@H](N)Cc1ccccc1. The van der Waals surface area contributed by atoms with Gasteiger partial charge in [0.1, 0.15) is 0 Å². The minimum atomic E-state index is -0.843. The first-order valence-corrected chi connectivity index (χ1v) is 6.83. The number of hydrogen-bond acceptors (Lipinski definition) is 3. The van der Waals surface area contributed by atoms with Crippen LogP contribution in [0.2, 0.25) is 0 Å². The van der Waals surface area contributed by atoms with Gasteiger partial charge in [0.25, 0.3) is 0 Å². The number of nitrogens with two attached hydrogens (primary N) is 1. The van der Waals surface area contributed by atoms with Crippen LogP contribution in [0.4, 0.5) is 0 Å². The summed E-state index contributed by atoms with van der Waals surface area (Å²) in [5.41, 5.74) is 6.98. The number of carboxylic acid groups (broad SMARTS) is 1. The summed E-state index contributed by atoms with van der Waals surface area (Å²) in [6.45, 7) is 2.25. The highest BCUT2D eigenvalue weighted by Gasteiger charge is 2.39. The Balaban J connectivity index is 1.99. The Bertz CT molecular complexity index is 489. The molecule has 5 nitrogen and oxygen atoms in total. The number of carbonyl (C=O) groups is 2. The summed E-state index contributed by atoms with van der Waals surface area (Å²) < 4.78 is 0. The van der Waals surface area contributed by atoms with E-state index >= 15 is 0 Å². The summed E-state index contributed by atoms with van der Waals surface area (Å²) in [5, 5.41) is 9.09. The van der Waals surface area contributed by atoms with E-state index in [1.54, 1.807) is 11.8 Å². The van der Waals surface area contributed by atoms with Gasteiger partial charge in [-0.25, -0.2) is 0 Å². The van der Waals surface area contributed by atoms with Crippen molar-refractivity contribution in [1.29, 1.82) is 0 Å². The third-order valence-electron chi connectivity index (χ3n) is 3.97. The molecule has 1 aliphatic heterocycles. The van der Waals surface area contributed by atoms with Gasteiger partial charge in [0.2, 0.25) is 5.91 Å². The molecule has 0 saturated carbocycles. The highest BCUT2D eigenvalue weighted by molar-refractivity contribution is 5.84. The molecule has 108 valence electrons. The lowest BCUT2D eigenvalue weighted by molar-refractivity contribution is -0.143. The third-order valence-corrected chi connectivity index (χ3v) is 3.97. The van der Waals surface area contributed by atoms with Crippen LogP contribution < -0.4 is 5.73 Å². The molecule has 0 aliphatic carbocycles. The van der Waals surface area contributed by atoms with E-state index in [0.29, 0.717) is 19.4 Å². The van der Waals surface area contributed by atoms with Crippen molar-refractivity contribution >= 4 is 11.9 Å². The molecule has 1 aromatic carbocycles. The van der Waals surface area contributed by atoms with Crippen molar-refractivity contribution < 1.29 is 14.7 Å². The minimum Gasteiger partial charge on any atom is -0.481 e. The number of carboxylic acids is 1. The summed E-state index contributed by atoms with van der Waals surface area (Å²) >= 11 is 0. The van der Waals surface area contributed by atoms with E-state index in [0.717, 1.165) is 5.56 Å². The van der Waals surface area contributed by atoms with Gasteiger partial charge in [-0.15, -0.1) is 0 Å².